The van der Waals surface area contributed by atoms with Crippen LogP contribution in [0.1, 0.15) is 85.0 Å². The van der Waals surface area contributed by atoms with E-state index in [9.17, 15) is 0 Å². The van der Waals surface area contributed by atoms with Gasteiger partial charge in [0.15, 0.2) is 0 Å². The van der Waals surface area contributed by atoms with E-state index >= 15 is 0 Å². The van der Waals surface area contributed by atoms with E-state index in [0.717, 1.165) is 19.0 Å². The van der Waals surface area contributed by atoms with E-state index < -0.39 is 0 Å². The van der Waals surface area contributed by atoms with Crippen molar-refractivity contribution in [2.45, 2.75) is 85.0 Å². The van der Waals surface area contributed by atoms with Gasteiger partial charge in [-0.1, -0.05) is 65.7 Å². The van der Waals surface area contributed by atoms with Crippen molar-refractivity contribution in [1.29, 1.82) is 0 Å². The summed E-state index contributed by atoms with van der Waals surface area (Å²) in [4.78, 5) is 0. The van der Waals surface area contributed by atoms with Gasteiger partial charge in [0.25, 0.3) is 0 Å². The second kappa shape index (κ2) is 13.2. The van der Waals surface area contributed by atoms with Gasteiger partial charge in [-0.3, -0.25) is 0 Å². The molecule has 2 heteroatoms. The number of alkyl halides is 1. The first kappa shape index (κ1) is 19.2. The Hall–Kier alpha value is 0.250. The normalized spacial score (nSPS) is 12.0. The fraction of sp³-hybridized carbons (Fsp3) is 1.00. The van der Waals surface area contributed by atoms with Crippen LogP contribution in [-0.4, -0.2) is 19.0 Å². The summed E-state index contributed by atoms with van der Waals surface area (Å²) < 4.78 is 0. The van der Waals surface area contributed by atoms with Crippen LogP contribution in [0.25, 0.3) is 0 Å². The first-order chi connectivity index (χ1) is 9.24. The van der Waals surface area contributed by atoms with Crippen LogP contribution in [0.3, 0.4) is 0 Å². The Kier molecular flexibility index (Phi) is 13.4. The van der Waals surface area contributed by atoms with Crippen LogP contribution in [-0.2, 0) is 0 Å². The summed E-state index contributed by atoms with van der Waals surface area (Å²) in [5.41, 5.74) is 0.321. The summed E-state index contributed by atoms with van der Waals surface area (Å²) in [5.74, 6) is 0.782. The molecule has 0 saturated carbocycles. The molecule has 0 saturated heterocycles. The topological polar surface area (TPSA) is 12.0 Å². The van der Waals surface area contributed by atoms with Gasteiger partial charge in [0.2, 0.25) is 0 Å². The third kappa shape index (κ3) is 9.73. The number of rotatable bonds is 14. The van der Waals surface area contributed by atoms with E-state index in [4.69, 9.17) is 11.6 Å². The zero-order valence-corrected chi connectivity index (χ0v) is 14.3. The van der Waals surface area contributed by atoms with E-state index in [-0.39, 0.29) is 0 Å². The molecule has 0 aromatic heterocycles. The minimum absolute atomic E-state index is 0.321. The lowest BCUT2D eigenvalue weighted by Gasteiger charge is -2.29. The Bertz CT molecular complexity index is 170. The monoisotopic (exact) mass is 289 g/mol. The average molecular weight is 290 g/mol. The van der Waals surface area contributed by atoms with Gasteiger partial charge in [-0.05, 0) is 31.2 Å². The summed E-state index contributed by atoms with van der Waals surface area (Å²) in [6.45, 7) is 9.03. The number of halogens is 1. The molecule has 0 aliphatic rings. The molecule has 116 valence electrons. The summed E-state index contributed by atoms with van der Waals surface area (Å²) in [5, 5.41) is 3.61. The Labute approximate surface area is 126 Å². The zero-order chi connectivity index (χ0) is 14.4. The van der Waals surface area contributed by atoms with Crippen molar-refractivity contribution >= 4 is 11.6 Å². The molecule has 0 unspecified atom stereocenters. The van der Waals surface area contributed by atoms with Gasteiger partial charge < -0.3 is 5.32 Å². The van der Waals surface area contributed by atoms with Crippen molar-refractivity contribution in [3.05, 3.63) is 0 Å². The van der Waals surface area contributed by atoms with Gasteiger partial charge in [-0.15, -0.1) is 11.6 Å². The Balaban J connectivity index is 3.35. The molecule has 0 fully saturated rings. The van der Waals surface area contributed by atoms with Crippen molar-refractivity contribution in [1.82, 2.24) is 5.32 Å². The molecule has 0 aliphatic carbocycles. The van der Waals surface area contributed by atoms with Gasteiger partial charge in [0.05, 0.1) is 0 Å². The van der Waals surface area contributed by atoms with Crippen molar-refractivity contribution in [2.75, 3.05) is 19.0 Å². The zero-order valence-electron chi connectivity index (χ0n) is 13.6. The second-order valence-corrected chi connectivity index (χ2v) is 6.26. The highest BCUT2D eigenvalue weighted by molar-refractivity contribution is 6.18. The van der Waals surface area contributed by atoms with E-state index in [2.05, 4.69) is 26.1 Å². The fourth-order valence-electron chi connectivity index (χ4n) is 2.47. The minimum Gasteiger partial charge on any atom is -0.316 e. The molecule has 0 atom stereocenters. The summed E-state index contributed by atoms with van der Waals surface area (Å²) >= 11 is 6.11. The Morgan fingerprint density at radius 2 is 1.32 bits per heavy atom. The molecule has 1 nitrogen and oxygen atoms in total. The molecule has 19 heavy (non-hydrogen) atoms. The molecular weight excluding hydrogens is 254 g/mol. The maximum atomic E-state index is 6.11. The summed E-state index contributed by atoms with van der Waals surface area (Å²) in [6.07, 6.45) is 13.5. The smallest absolute Gasteiger partial charge is 0.0291 e. The first-order valence-corrected chi connectivity index (χ1v) is 9.04. The lowest BCUT2D eigenvalue weighted by molar-refractivity contribution is 0.286. The fourth-order valence-corrected chi connectivity index (χ4v) is 2.95. The van der Waals surface area contributed by atoms with Crippen LogP contribution < -0.4 is 5.32 Å². The molecule has 0 aliphatic heterocycles. The standard InChI is InChI=1S/C17H36ClN/c1-4-7-8-9-10-11-12-13-14-19-16-17(5-2,6-3)15-18/h19H,4-16H2,1-3H3. The maximum Gasteiger partial charge on any atom is 0.0291 e. The Morgan fingerprint density at radius 3 is 1.79 bits per heavy atom. The molecule has 0 spiro atoms. The van der Waals surface area contributed by atoms with Crippen molar-refractivity contribution in [3.63, 3.8) is 0 Å². The van der Waals surface area contributed by atoms with E-state index in [1.54, 1.807) is 0 Å². The lowest BCUT2D eigenvalue weighted by atomic mass is 9.84. The van der Waals surface area contributed by atoms with Crippen LogP contribution in [0.2, 0.25) is 0 Å². The quantitative estimate of drug-likeness (QED) is 0.316. The number of unbranched alkanes of at least 4 members (excludes halogenated alkanes) is 7. The molecule has 0 aromatic rings. The van der Waals surface area contributed by atoms with Crippen LogP contribution in [0.5, 0.6) is 0 Å². The van der Waals surface area contributed by atoms with Crippen LogP contribution in [0, 0.1) is 5.41 Å². The van der Waals surface area contributed by atoms with E-state index in [1.807, 2.05) is 0 Å². The SMILES string of the molecule is CCCCCCCCCCNCC(CC)(CC)CCl. The Morgan fingerprint density at radius 1 is 0.789 bits per heavy atom. The van der Waals surface area contributed by atoms with Crippen LogP contribution >= 0.6 is 11.6 Å². The highest BCUT2D eigenvalue weighted by Crippen LogP contribution is 2.26. The molecule has 1 N–H and O–H groups in total. The summed E-state index contributed by atoms with van der Waals surface area (Å²) in [7, 11) is 0. The molecule has 0 bridgehead atoms. The lowest BCUT2D eigenvalue weighted by Crippen LogP contribution is -2.35. The average Bonchev–Trinajstić information content (AvgIpc) is 2.46. The van der Waals surface area contributed by atoms with Crippen molar-refractivity contribution < 1.29 is 0 Å². The first-order valence-electron chi connectivity index (χ1n) is 8.51. The van der Waals surface area contributed by atoms with Gasteiger partial charge >= 0.3 is 0 Å². The van der Waals surface area contributed by atoms with Gasteiger partial charge in [-0.25, -0.2) is 0 Å². The third-order valence-corrected chi connectivity index (χ3v) is 5.06. The summed E-state index contributed by atoms with van der Waals surface area (Å²) in [6, 6.07) is 0. The molecule has 0 amide bonds. The van der Waals surface area contributed by atoms with Gasteiger partial charge in [-0.2, -0.15) is 0 Å². The molecule has 0 heterocycles. The molecule has 0 radical (unpaired) electrons. The van der Waals surface area contributed by atoms with Gasteiger partial charge in [0.1, 0.15) is 0 Å². The highest BCUT2D eigenvalue weighted by atomic mass is 35.5. The number of hydrogen-bond acceptors (Lipinski definition) is 1. The van der Waals surface area contributed by atoms with Crippen LogP contribution in [0.15, 0.2) is 0 Å². The second-order valence-electron chi connectivity index (χ2n) is 5.99. The van der Waals surface area contributed by atoms with Crippen molar-refractivity contribution in [3.8, 4) is 0 Å². The van der Waals surface area contributed by atoms with Crippen LogP contribution in [0.4, 0.5) is 0 Å². The third-order valence-electron chi connectivity index (χ3n) is 4.49. The number of hydrogen-bond donors (Lipinski definition) is 1. The highest BCUT2D eigenvalue weighted by Gasteiger charge is 2.24. The molecule has 0 aromatic carbocycles. The van der Waals surface area contributed by atoms with E-state index in [1.165, 1.54) is 64.2 Å². The largest absolute Gasteiger partial charge is 0.316 e. The predicted octanol–water partition coefficient (Wildman–Crippen LogP) is 5.76. The number of nitrogens with one attached hydrogen (secondary N) is 1. The van der Waals surface area contributed by atoms with Gasteiger partial charge in [0, 0.05) is 12.4 Å². The predicted molar refractivity (Wildman–Crippen MR) is 89.2 cm³/mol. The van der Waals surface area contributed by atoms with Crippen molar-refractivity contribution in [2.24, 2.45) is 5.41 Å². The maximum absolute atomic E-state index is 6.11. The van der Waals surface area contributed by atoms with E-state index in [0.29, 0.717) is 5.41 Å². The molecular formula is C17H36ClN. The minimum atomic E-state index is 0.321. The molecule has 0 rings (SSSR count).